The molecule has 0 saturated carbocycles. The summed E-state index contributed by atoms with van der Waals surface area (Å²) in [6.07, 6.45) is 5.11. The smallest absolute Gasteiger partial charge is 0.337 e. The fraction of sp³-hybridized carbons (Fsp3) is 0.545. The predicted molar refractivity (Wildman–Crippen MR) is 51.7 cm³/mol. The van der Waals surface area contributed by atoms with Crippen molar-refractivity contribution in [2.45, 2.75) is 5.97 Å². The Kier molecular flexibility index (Phi) is 1.90. The van der Waals surface area contributed by atoms with Crippen molar-refractivity contribution in [3.8, 4) is 0 Å². The summed E-state index contributed by atoms with van der Waals surface area (Å²) in [5, 5.41) is 10.1. The molecule has 0 spiro atoms. The number of aliphatic hydroxyl groups is 1. The van der Waals surface area contributed by atoms with Crippen LogP contribution < -0.4 is 0 Å². The second-order valence-electron chi connectivity index (χ2n) is 4.22. The summed E-state index contributed by atoms with van der Waals surface area (Å²) < 4.78 is 15.0. The van der Waals surface area contributed by atoms with E-state index in [-0.39, 0.29) is 17.8 Å². The average Bonchev–Trinajstić information content (AvgIpc) is 2.84. The van der Waals surface area contributed by atoms with Crippen LogP contribution in [0, 0.1) is 17.8 Å². The van der Waals surface area contributed by atoms with Crippen LogP contribution in [-0.2, 0) is 19.0 Å². The van der Waals surface area contributed by atoms with E-state index in [0.29, 0.717) is 12.2 Å². The second kappa shape index (κ2) is 3.09. The lowest BCUT2D eigenvalue weighted by Crippen LogP contribution is -2.44. The monoisotopic (exact) mass is 224 g/mol. The van der Waals surface area contributed by atoms with Crippen molar-refractivity contribution in [3.05, 3.63) is 24.0 Å². The molecule has 86 valence electrons. The fourth-order valence-corrected chi connectivity index (χ4v) is 2.67. The Hall–Kier alpha value is -1.33. The molecule has 2 aliphatic heterocycles. The number of methoxy groups -OCH3 is 1. The number of rotatable bonds is 1. The molecule has 1 fully saturated rings. The van der Waals surface area contributed by atoms with Gasteiger partial charge in [-0.15, -0.1) is 0 Å². The Balaban J connectivity index is 1.99. The van der Waals surface area contributed by atoms with E-state index in [9.17, 15) is 9.90 Å². The van der Waals surface area contributed by atoms with Crippen LogP contribution in [0.3, 0.4) is 0 Å². The van der Waals surface area contributed by atoms with Gasteiger partial charge < -0.3 is 19.3 Å². The molecular weight excluding hydrogens is 212 g/mol. The third kappa shape index (κ3) is 1.10. The minimum atomic E-state index is -1.59. The molecule has 16 heavy (non-hydrogen) atoms. The number of carbonyl (C=O) groups is 1. The Labute approximate surface area is 92.3 Å². The maximum absolute atomic E-state index is 11.5. The molecule has 0 aromatic rings. The Morgan fingerprint density at radius 2 is 2.44 bits per heavy atom. The van der Waals surface area contributed by atoms with Crippen LogP contribution in [0.15, 0.2) is 24.0 Å². The van der Waals surface area contributed by atoms with E-state index in [0.717, 1.165) is 0 Å². The molecular formula is C11H12O5. The average molecular weight is 224 g/mol. The predicted octanol–water partition coefficient (Wildman–Crippen LogP) is 0.168. The van der Waals surface area contributed by atoms with Crippen molar-refractivity contribution >= 4 is 5.97 Å². The summed E-state index contributed by atoms with van der Waals surface area (Å²) in [5.41, 5.74) is 0.432. The van der Waals surface area contributed by atoms with Gasteiger partial charge in [0.05, 0.1) is 25.2 Å². The highest BCUT2D eigenvalue weighted by Gasteiger charge is 2.59. The molecule has 0 unspecified atom stereocenters. The first kappa shape index (κ1) is 9.86. The van der Waals surface area contributed by atoms with Crippen molar-refractivity contribution in [1.82, 2.24) is 0 Å². The summed E-state index contributed by atoms with van der Waals surface area (Å²) in [6.45, 7) is 0.413. The summed E-state index contributed by atoms with van der Waals surface area (Å²) >= 11 is 0. The Morgan fingerprint density at radius 1 is 1.62 bits per heavy atom. The van der Waals surface area contributed by atoms with Gasteiger partial charge in [-0.05, 0) is 0 Å². The zero-order chi connectivity index (χ0) is 11.3. The maximum Gasteiger partial charge on any atom is 0.337 e. The Morgan fingerprint density at radius 3 is 3.19 bits per heavy atom. The van der Waals surface area contributed by atoms with Gasteiger partial charge in [0.2, 0.25) is 0 Å². The molecule has 2 heterocycles. The first-order valence-corrected chi connectivity index (χ1v) is 5.16. The molecule has 5 nitrogen and oxygen atoms in total. The molecule has 0 amide bonds. The van der Waals surface area contributed by atoms with E-state index in [1.54, 1.807) is 0 Å². The molecule has 0 radical (unpaired) electrons. The molecule has 1 saturated heterocycles. The van der Waals surface area contributed by atoms with Crippen molar-refractivity contribution < 1.29 is 24.1 Å². The van der Waals surface area contributed by atoms with Crippen LogP contribution in [0.25, 0.3) is 0 Å². The third-order valence-corrected chi connectivity index (χ3v) is 3.45. The largest absolute Gasteiger partial charge is 0.466 e. The molecule has 4 atom stereocenters. The summed E-state index contributed by atoms with van der Waals surface area (Å²) in [4.78, 5) is 11.5. The first-order valence-electron chi connectivity index (χ1n) is 5.16. The lowest BCUT2D eigenvalue weighted by Gasteiger charge is -2.35. The van der Waals surface area contributed by atoms with E-state index < -0.39 is 11.9 Å². The standard InChI is InChI=1S/C11H12O5/c1-14-10(12)8-5-16-11(13)9-6(4-15-11)2-3-7(8)9/h2-3,5-7,9,13H,4H2,1H3/t6-,7+,9+,11+/m0/s1. The van der Waals surface area contributed by atoms with E-state index >= 15 is 0 Å². The van der Waals surface area contributed by atoms with Gasteiger partial charge in [-0.2, -0.15) is 0 Å². The van der Waals surface area contributed by atoms with Gasteiger partial charge in [-0.1, -0.05) is 12.2 Å². The molecule has 0 aromatic carbocycles. The summed E-state index contributed by atoms with van der Waals surface area (Å²) in [5.74, 6) is -2.34. The normalized spacial score (nSPS) is 43.6. The van der Waals surface area contributed by atoms with Gasteiger partial charge in [0.1, 0.15) is 6.26 Å². The molecule has 3 rings (SSSR count). The molecule has 1 N–H and O–H groups in total. The van der Waals surface area contributed by atoms with Crippen LogP contribution in [0.1, 0.15) is 0 Å². The number of hydrogen-bond donors (Lipinski definition) is 1. The van der Waals surface area contributed by atoms with Gasteiger partial charge in [0.25, 0.3) is 0 Å². The van der Waals surface area contributed by atoms with Crippen LogP contribution in [0.2, 0.25) is 0 Å². The first-order chi connectivity index (χ1) is 7.65. The number of carbonyl (C=O) groups excluding carboxylic acids is 1. The van der Waals surface area contributed by atoms with Crippen LogP contribution >= 0.6 is 0 Å². The van der Waals surface area contributed by atoms with Gasteiger partial charge >= 0.3 is 11.9 Å². The zero-order valence-corrected chi connectivity index (χ0v) is 8.75. The second-order valence-corrected chi connectivity index (χ2v) is 4.22. The summed E-state index contributed by atoms with van der Waals surface area (Å²) in [7, 11) is 1.32. The Bertz CT molecular complexity index is 399. The minimum Gasteiger partial charge on any atom is -0.466 e. The zero-order valence-electron chi connectivity index (χ0n) is 8.75. The van der Waals surface area contributed by atoms with E-state index in [2.05, 4.69) is 4.74 Å². The lowest BCUT2D eigenvalue weighted by atomic mass is 9.82. The molecule has 0 aromatic heterocycles. The van der Waals surface area contributed by atoms with Crippen molar-refractivity contribution in [1.29, 1.82) is 0 Å². The van der Waals surface area contributed by atoms with Crippen LogP contribution in [0.4, 0.5) is 0 Å². The fourth-order valence-electron chi connectivity index (χ4n) is 2.67. The number of esters is 1. The van der Waals surface area contributed by atoms with E-state index in [4.69, 9.17) is 9.47 Å². The van der Waals surface area contributed by atoms with E-state index in [1.807, 2.05) is 12.2 Å². The van der Waals surface area contributed by atoms with Crippen molar-refractivity contribution in [3.63, 3.8) is 0 Å². The van der Waals surface area contributed by atoms with Crippen LogP contribution in [-0.4, -0.2) is 30.8 Å². The van der Waals surface area contributed by atoms with Gasteiger partial charge in [0.15, 0.2) is 0 Å². The molecule has 3 aliphatic rings. The highest BCUT2D eigenvalue weighted by molar-refractivity contribution is 5.89. The van der Waals surface area contributed by atoms with Gasteiger partial charge in [0, 0.05) is 11.8 Å². The van der Waals surface area contributed by atoms with Gasteiger partial charge in [-0.3, -0.25) is 0 Å². The number of ether oxygens (including phenoxy) is 3. The quantitative estimate of drug-likeness (QED) is 0.508. The molecule has 1 aliphatic carbocycles. The lowest BCUT2D eigenvalue weighted by molar-refractivity contribution is -0.345. The highest BCUT2D eigenvalue weighted by Crippen LogP contribution is 2.50. The highest BCUT2D eigenvalue weighted by atomic mass is 16.8. The molecule has 0 bridgehead atoms. The topological polar surface area (TPSA) is 65.0 Å². The minimum absolute atomic E-state index is 0.100. The number of hydrogen-bond acceptors (Lipinski definition) is 5. The van der Waals surface area contributed by atoms with Gasteiger partial charge in [-0.25, -0.2) is 4.79 Å². The summed E-state index contributed by atoms with van der Waals surface area (Å²) in [6, 6.07) is 0. The molecule has 5 heteroatoms. The maximum atomic E-state index is 11.5. The SMILES string of the molecule is COC(=O)C1=CO[C@]2(O)OC[C@@H]3C=C[C@H]1[C@@H]32. The van der Waals surface area contributed by atoms with E-state index in [1.165, 1.54) is 13.4 Å². The number of allylic oxidation sites excluding steroid dienone is 1. The van der Waals surface area contributed by atoms with Crippen LogP contribution in [0.5, 0.6) is 0 Å². The van der Waals surface area contributed by atoms with Crippen molar-refractivity contribution in [2.24, 2.45) is 17.8 Å². The van der Waals surface area contributed by atoms with Crippen molar-refractivity contribution in [2.75, 3.05) is 13.7 Å². The third-order valence-electron chi connectivity index (χ3n) is 3.45.